The molecule has 0 bridgehead atoms. The van der Waals surface area contributed by atoms with Gasteiger partial charge in [0.1, 0.15) is 0 Å². The van der Waals surface area contributed by atoms with Gasteiger partial charge in [0.15, 0.2) is 0 Å². The van der Waals surface area contributed by atoms with Crippen LogP contribution < -0.4 is 0 Å². The van der Waals surface area contributed by atoms with Crippen LogP contribution in [-0.2, 0) is 0 Å². The van der Waals surface area contributed by atoms with Gasteiger partial charge in [0, 0.05) is 0 Å². The Bertz CT molecular complexity index is 128. The van der Waals surface area contributed by atoms with Gasteiger partial charge in [-0.25, -0.2) is 0 Å². The summed E-state index contributed by atoms with van der Waals surface area (Å²) in [7, 11) is 0. The van der Waals surface area contributed by atoms with Crippen molar-refractivity contribution in [1.82, 2.24) is 0 Å². The molecule has 0 aromatic rings. The molecule has 2 aliphatic carbocycles. The Balaban J connectivity index is 2.00. The molecule has 2 unspecified atom stereocenters. The summed E-state index contributed by atoms with van der Waals surface area (Å²) in [6.07, 6.45) is 10.4. The smallest absolute Gasteiger partial charge is 0.0179 e. The summed E-state index contributed by atoms with van der Waals surface area (Å²) in [4.78, 5) is 0. The molecule has 0 aromatic heterocycles. The number of rotatable bonds is 1. The van der Waals surface area contributed by atoms with Crippen LogP contribution in [-0.4, -0.2) is 0 Å². The molecule has 0 heteroatoms. The van der Waals surface area contributed by atoms with Crippen molar-refractivity contribution in [1.29, 1.82) is 0 Å². The summed E-state index contributed by atoms with van der Waals surface area (Å²) < 4.78 is 0. The van der Waals surface area contributed by atoms with Crippen molar-refractivity contribution in [2.45, 2.75) is 51.9 Å². The highest BCUT2D eigenvalue weighted by atomic mass is 14.4. The number of fused-ring (bicyclic) bond motifs is 1. The second kappa shape index (κ2) is 3.16. The molecule has 0 aromatic carbocycles. The molecule has 2 fully saturated rings. The molecule has 0 spiro atoms. The first-order chi connectivity index (χ1) is 5.42. The molecule has 1 radical (unpaired) electrons. The van der Waals surface area contributed by atoms with E-state index < -0.39 is 0 Å². The van der Waals surface area contributed by atoms with Crippen molar-refractivity contribution in [3.63, 3.8) is 0 Å². The molecule has 2 rings (SSSR count). The van der Waals surface area contributed by atoms with E-state index in [4.69, 9.17) is 0 Å². The van der Waals surface area contributed by atoms with Gasteiger partial charge >= 0.3 is 0 Å². The van der Waals surface area contributed by atoms with Crippen LogP contribution in [0.25, 0.3) is 0 Å². The zero-order chi connectivity index (χ0) is 7.68. The Morgan fingerprint density at radius 2 is 2.00 bits per heavy atom. The van der Waals surface area contributed by atoms with Crippen molar-refractivity contribution in [3.8, 4) is 0 Å². The third-order valence-corrected chi connectivity index (χ3v) is 3.66. The summed E-state index contributed by atoms with van der Waals surface area (Å²) in [5.74, 6) is 4.05. The predicted molar refractivity (Wildman–Crippen MR) is 48.2 cm³/mol. The van der Waals surface area contributed by atoms with E-state index in [1.165, 1.54) is 44.9 Å². The van der Waals surface area contributed by atoms with Crippen LogP contribution in [0.15, 0.2) is 0 Å². The fourth-order valence-electron chi connectivity index (χ4n) is 3.07. The van der Waals surface area contributed by atoms with Crippen molar-refractivity contribution in [2.24, 2.45) is 11.8 Å². The van der Waals surface area contributed by atoms with Gasteiger partial charge in [0.05, 0.1) is 0 Å². The van der Waals surface area contributed by atoms with Gasteiger partial charge in [-0.3, -0.25) is 0 Å². The van der Waals surface area contributed by atoms with Gasteiger partial charge < -0.3 is 0 Å². The largest absolute Gasteiger partial charge is 0.0651 e. The SMILES string of the molecule is CCC1CCCC2CCC[C]12. The van der Waals surface area contributed by atoms with E-state index in [-0.39, 0.29) is 0 Å². The minimum Gasteiger partial charge on any atom is -0.0651 e. The summed E-state index contributed by atoms with van der Waals surface area (Å²) >= 11 is 0. The fraction of sp³-hybridized carbons (Fsp3) is 0.909. The van der Waals surface area contributed by atoms with E-state index in [1.807, 2.05) is 5.92 Å². The Morgan fingerprint density at radius 1 is 1.18 bits per heavy atom. The zero-order valence-corrected chi connectivity index (χ0v) is 7.60. The van der Waals surface area contributed by atoms with Gasteiger partial charge in [-0.2, -0.15) is 0 Å². The second-order valence-electron chi connectivity index (χ2n) is 4.20. The maximum Gasteiger partial charge on any atom is -0.0179 e. The number of hydrogen-bond donors (Lipinski definition) is 0. The van der Waals surface area contributed by atoms with E-state index in [0.29, 0.717) is 0 Å². The first-order valence-electron chi connectivity index (χ1n) is 5.27. The summed E-state index contributed by atoms with van der Waals surface area (Å²) in [6.45, 7) is 2.36. The molecule has 0 saturated heterocycles. The van der Waals surface area contributed by atoms with Crippen molar-refractivity contribution in [3.05, 3.63) is 5.92 Å². The van der Waals surface area contributed by atoms with Gasteiger partial charge in [-0.1, -0.05) is 26.2 Å². The zero-order valence-electron chi connectivity index (χ0n) is 7.60. The van der Waals surface area contributed by atoms with Crippen molar-refractivity contribution < 1.29 is 0 Å². The minimum absolute atomic E-state index is 1.02. The van der Waals surface area contributed by atoms with Gasteiger partial charge in [0.25, 0.3) is 0 Å². The average Bonchev–Trinajstić information content (AvgIpc) is 2.50. The summed E-state index contributed by atoms with van der Waals surface area (Å²) in [5.41, 5.74) is 0. The second-order valence-corrected chi connectivity index (χ2v) is 4.20. The topological polar surface area (TPSA) is 0 Å². The molecule has 2 atom stereocenters. The molecular formula is C11H19. The van der Waals surface area contributed by atoms with E-state index in [9.17, 15) is 0 Å². The predicted octanol–water partition coefficient (Wildman–Crippen LogP) is 3.57. The first kappa shape index (κ1) is 7.64. The molecule has 63 valence electrons. The lowest BCUT2D eigenvalue weighted by Crippen LogP contribution is -2.21. The molecule has 0 amide bonds. The summed E-state index contributed by atoms with van der Waals surface area (Å²) in [6, 6.07) is 0. The lowest BCUT2D eigenvalue weighted by atomic mass is 9.73. The first-order valence-corrected chi connectivity index (χ1v) is 5.27. The van der Waals surface area contributed by atoms with E-state index in [0.717, 1.165) is 11.8 Å². The third kappa shape index (κ3) is 1.32. The molecule has 2 saturated carbocycles. The Morgan fingerprint density at radius 3 is 2.82 bits per heavy atom. The molecule has 0 heterocycles. The highest BCUT2D eigenvalue weighted by Crippen LogP contribution is 2.47. The van der Waals surface area contributed by atoms with Crippen molar-refractivity contribution in [2.75, 3.05) is 0 Å². The normalized spacial score (nSPS) is 39.0. The molecule has 2 aliphatic rings. The summed E-state index contributed by atoms with van der Waals surface area (Å²) in [5, 5.41) is 0. The van der Waals surface area contributed by atoms with Crippen LogP contribution in [0.1, 0.15) is 51.9 Å². The average molecular weight is 151 g/mol. The Hall–Kier alpha value is 0. The van der Waals surface area contributed by atoms with Gasteiger partial charge in [0.2, 0.25) is 0 Å². The monoisotopic (exact) mass is 151 g/mol. The Labute approximate surface area is 70.4 Å². The van der Waals surface area contributed by atoms with Crippen LogP contribution in [0.4, 0.5) is 0 Å². The van der Waals surface area contributed by atoms with E-state index >= 15 is 0 Å². The lowest BCUT2D eigenvalue weighted by molar-refractivity contribution is 0.317. The van der Waals surface area contributed by atoms with Crippen LogP contribution in [0, 0.1) is 17.8 Å². The molecule has 0 aliphatic heterocycles. The quantitative estimate of drug-likeness (QED) is 0.537. The Kier molecular flexibility index (Phi) is 2.20. The highest BCUT2D eigenvalue weighted by Gasteiger charge is 2.35. The molecule has 11 heavy (non-hydrogen) atoms. The van der Waals surface area contributed by atoms with Crippen LogP contribution in [0.5, 0.6) is 0 Å². The number of hydrogen-bond acceptors (Lipinski definition) is 0. The standard InChI is InChI=1S/C11H19/c1-2-9-5-3-6-10-7-4-8-11(9)10/h9-10H,2-8H2,1H3. The maximum absolute atomic E-state index is 2.36. The van der Waals surface area contributed by atoms with Crippen LogP contribution in [0.2, 0.25) is 0 Å². The molecular weight excluding hydrogens is 132 g/mol. The van der Waals surface area contributed by atoms with Gasteiger partial charge in [-0.05, 0) is 43.4 Å². The van der Waals surface area contributed by atoms with E-state index in [1.54, 1.807) is 0 Å². The van der Waals surface area contributed by atoms with Crippen LogP contribution >= 0.6 is 0 Å². The highest BCUT2D eigenvalue weighted by molar-refractivity contribution is 5.08. The third-order valence-electron chi connectivity index (χ3n) is 3.66. The van der Waals surface area contributed by atoms with Crippen LogP contribution in [0.3, 0.4) is 0 Å². The van der Waals surface area contributed by atoms with Gasteiger partial charge in [-0.15, -0.1) is 0 Å². The lowest BCUT2D eigenvalue weighted by Gasteiger charge is -2.32. The minimum atomic E-state index is 1.02. The maximum atomic E-state index is 2.36. The molecule has 0 nitrogen and oxygen atoms in total. The fourth-order valence-corrected chi connectivity index (χ4v) is 3.07. The molecule has 0 N–H and O–H groups in total. The van der Waals surface area contributed by atoms with Crippen molar-refractivity contribution >= 4 is 0 Å². The van der Waals surface area contributed by atoms with E-state index in [2.05, 4.69) is 6.92 Å².